The molecule has 0 bridgehead atoms. The summed E-state index contributed by atoms with van der Waals surface area (Å²) >= 11 is 7.32. The summed E-state index contributed by atoms with van der Waals surface area (Å²) in [5, 5.41) is 6.15. The van der Waals surface area contributed by atoms with Gasteiger partial charge < -0.3 is 9.88 Å². The number of anilines is 1. The first-order chi connectivity index (χ1) is 12.5. The van der Waals surface area contributed by atoms with Gasteiger partial charge in [0, 0.05) is 35.8 Å². The molecule has 0 atom stereocenters. The summed E-state index contributed by atoms with van der Waals surface area (Å²) in [7, 11) is 1.91. The highest BCUT2D eigenvalue weighted by Crippen LogP contribution is 2.31. The Balaban J connectivity index is 1.64. The highest BCUT2D eigenvalue weighted by atomic mass is 35.5. The molecule has 1 N–H and O–H groups in total. The van der Waals surface area contributed by atoms with E-state index in [1.54, 1.807) is 11.6 Å². The van der Waals surface area contributed by atoms with Crippen LogP contribution >= 0.6 is 22.9 Å². The molecule has 5 nitrogen and oxygen atoms in total. The molecule has 0 spiro atoms. The van der Waals surface area contributed by atoms with E-state index in [4.69, 9.17) is 11.6 Å². The molecule has 0 aliphatic heterocycles. The third-order valence-electron chi connectivity index (χ3n) is 3.88. The number of fused-ring (bicyclic) bond motifs is 1. The maximum Gasteiger partial charge on any atom is 0.275 e. The summed E-state index contributed by atoms with van der Waals surface area (Å²) in [5.74, 6) is -0.868. The van der Waals surface area contributed by atoms with Gasteiger partial charge in [-0.3, -0.25) is 4.79 Å². The highest BCUT2D eigenvalue weighted by Gasteiger charge is 2.16. The molecule has 26 heavy (non-hydrogen) atoms. The van der Waals surface area contributed by atoms with Gasteiger partial charge in [-0.25, -0.2) is 14.4 Å². The van der Waals surface area contributed by atoms with E-state index >= 15 is 0 Å². The predicted molar refractivity (Wildman–Crippen MR) is 101 cm³/mol. The summed E-state index contributed by atoms with van der Waals surface area (Å²) in [6.07, 6.45) is 3.67. The van der Waals surface area contributed by atoms with E-state index < -0.39 is 11.7 Å². The molecule has 1 aromatic carbocycles. The molecule has 3 heterocycles. The van der Waals surface area contributed by atoms with Crippen molar-refractivity contribution in [2.24, 2.45) is 7.05 Å². The van der Waals surface area contributed by atoms with Crippen LogP contribution in [-0.4, -0.2) is 20.4 Å². The third-order valence-corrected chi connectivity index (χ3v) is 5.07. The van der Waals surface area contributed by atoms with Crippen LogP contribution in [0.1, 0.15) is 10.5 Å². The highest BCUT2D eigenvalue weighted by molar-refractivity contribution is 7.13. The number of carbonyl (C=O) groups excluding carboxylic acids is 1. The van der Waals surface area contributed by atoms with Gasteiger partial charge in [0.05, 0.1) is 10.7 Å². The molecule has 0 radical (unpaired) electrons. The fraction of sp³-hybridized carbons (Fsp3) is 0.0556. The van der Waals surface area contributed by atoms with Crippen molar-refractivity contribution in [1.82, 2.24) is 14.5 Å². The van der Waals surface area contributed by atoms with Gasteiger partial charge in [0.2, 0.25) is 0 Å². The molecule has 0 fully saturated rings. The first-order valence-electron chi connectivity index (χ1n) is 7.65. The number of pyridine rings is 1. The summed E-state index contributed by atoms with van der Waals surface area (Å²) in [6.45, 7) is 0. The Morgan fingerprint density at radius 1 is 1.35 bits per heavy atom. The quantitative estimate of drug-likeness (QED) is 0.553. The van der Waals surface area contributed by atoms with Gasteiger partial charge in [-0.1, -0.05) is 11.6 Å². The van der Waals surface area contributed by atoms with E-state index in [1.165, 1.54) is 23.5 Å². The second-order valence-corrected chi connectivity index (χ2v) is 6.91. The molecule has 0 aliphatic carbocycles. The third kappa shape index (κ3) is 2.95. The van der Waals surface area contributed by atoms with Crippen molar-refractivity contribution in [2.45, 2.75) is 0 Å². The van der Waals surface area contributed by atoms with E-state index in [9.17, 15) is 9.18 Å². The Morgan fingerprint density at radius 3 is 3.00 bits per heavy atom. The molecule has 4 rings (SSSR count). The molecule has 0 aliphatic rings. The lowest BCUT2D eigenvalue weighted by molar-refractivity contribution is 0.102. The SMILES string of the molecule is Cn1cc(-c2nc(C(=O)Nc3ccc(F)cc3Cl)cs2)c2cccnc21. The number of nitrogens with one attached hydrogen (secondary N) is 1. The number of thiazole rings is 1. The average molecular weight is 387 g/mol. The smallest absolute Gasteiger partial charge is 0.275 e. The van der Waals surface area contributed by atoms with Gasteiger partial charge in [0.15, 0.2) is 0 Å². The van der Waals surface area contributed by atoms with Gasteiger partial charge in [0.1, 0.15) is 22.2 Å². The average Bonchev–Trinajstić information content (AvgIpc) is 3.23. The molecule has 1 amide bonds. The van der Waals surface area contributed by atoms with Gasteiger partial charge in [-0.05, 0) is 30.3 Å². The summed E-state index contributed by atoms with van der Waals surface area (Å²) in [4.78, 5) is 21.2. The molecular weight excluding hydrogens is 375 g/mol. The van der Waals surface area contributed by atoms with E-state index in [0.717, 1.165) is 27.7 Å². The first kappa shape index (κ1) is 16.7. The van der Waals surface area contributed by atoms with Crippen LogP contribution in [0.25, 0.3) is 21.6 Å². The fourth-order valence-electron chi connectivity index (χ4n) is 2.66. The lowest BCUT2D eigenvalue weighted by Crippen LogP contribution is -2.12. The van der Waals surface area contributed by atoms with Crippen LogP contribution in [0.4, 0.5) is 10.1 Å². The van der Waals surface area contributed by atoms with Crippen molar-refractivity contribution in [3.63, 3.8) is 0 Å². The normalized spacial score (nSPS) is 11.0. The largest absolute Gasteiger partial charge is 0.335 e. The van der Waals surface area contributed by atoms with Crippen LogP contribution < -0.4 is 5.32 Å². The minimum atomic E-state index is -0.464. The van der Waals surface area contributed by atoms with E-state index in [1.807, 2.05) is 29.9 Å². The van der Waals surface area contributed by atoms with Crippen molar-refractivity contribution in [2.75, 3.05) is 5.32 Å². The Hall–Kier alpha value is -2.77. The standard InChI is InChI=1S/C18H12ClFN4OS/c1-24-8-12(11-3-2-6-21-16(11)24)18-23-15(9-26-18)17(25)22-14-5-4-10(20)7-13(14)19/h2-9H,1H3,(H,22,25). The van der Waals surface area contributed by atoms with Crippen LogP contribution in [0.15, 0.2) is 48.1 Å². The number of nitrogens with zero attached hydrogens (tertiary/aromatic N) is 3. The maximum atomic E-state index is 13.1. The minimum absolute atomic E-state index is 0.133. The topological polar surface area (TPSA) is 59.8 Å². The Labute approximate surface area is 157 Å². The minimum Gasteiger partial charge on any atom is -0.335 e. The number of rotatable bonds is 3. The lowest BCUT2D eigenvalue weighted by Gasteiger charge is -2.05. The second kappa shape index (κ2) is 6.51. The fourth-order valence-corrected chi connectivity index (χ4v) is 3.70. The monoisotopic (exact) mass is 386 g/mol. The molecule has 0 saturated heterocycles. The number of aromatic nitrogens is 3. The van der Waals surface area contributed by atoms with Crippen LogP contribution in [-0.2, 0) is 7.05 Å². The Bertz CT molecular complexity index is 1140. The number of benzene rings is 1. The number of aryl methyl sites for hydroxylation is 1. The van der Waals surface area contributed by atoms with Gasteiger partial charge in [0.25, 0.3) is 5.91 Å². The van der Waals surface area contributed by atoms with Crippen molar-refractivity contribution < 1.29 is 9.18 Å². The zero-order chi connectivity index (χ0) is 18.3. The number of carbonyl (C=O) groups is 1. The van der Waals surface area contributed by atoms with E-state index in [2.05, 4.69) is 15.3 Å². The maximum absolute atomic E-state index is 13.1. The van der Waals surface area contributed by atoms with Gasteiger partial charge >= 0.3 is 0 Å². The number of amides is 1. The zero-order valence-electron chi connectivity index (χ0n) is 13.5. The van der Waals surface area contributed by atoms with Crippen molar-refractivity contribution >= 4 is 45.6 Å². The molecule has 3 aromatic heterocycles. The Morgan fingerprint density at radius 2 is 2.19 bits per heavy atom. The summed E-state index contributed by atoms with van der Waals surface area (Å²) < 4.78 is 15.0. The van der Waals surface area contributed by atoms with E-state index in [-0.39, 0.29) is 10.7 Å². The molecule has 130 valence electrons. The van der Waals surface area contributed by atoms with E-state index in [0.29, 0.717) is 5.69 Å². The van der Waals surface area contributed by atoms with Gasteiger partial charge in [-0.15, -0.1) is 11.3 Å². The van der Waals surface area contributed by atoms with Crippen molar-refractivity contribution in [1.29, 1.82) is 0 Å². The lowest BCUT2D eigenvalue weighted by atomic mass is 10.2. The first-order valence-corrected chi connectivity index (χ1v) is 8.91. The Kier molecular flexibility index (Phi) is 4.18. The number of halogens is 2. The number of hydrogen-bond donors (Lipinski definition) is 1. The van der Waals surface area contributed by atoms with Crippen molar-refractivity contribution in [3.05, 3.63) is 64.6 Å². The van der Waals surface area contributed by atoms with Crippen LogP contribution in [0.2, 0.25) is 5.02 Å². The molecule has 0 unspecified atom stereocenters. The van der Waals surface area contributed by atoms with Crippen molar-refractivity contribution in [3.8, 4) is 10.6 Å². The molecular formula is C18H12ClFN4OS. The molecule has 4 aromatic rings. The van der Waals surface area contributed by atoms with Gasteiger partial charge in [-0.2, -0.15) is 0 Å². The number of hydrogen-bond acceptors (Lipinski definition) is 4. The zero-order valence-corrected chi connectivity index (χ0v) is 15.1. The van der Waals surface area contributed by atoms with Crippen LogP contribution in [0, 0.1) is 5.82 Å². The predicted octanol–water partition coefficient (Wildman–Crippen LogP) is 4.74. The van der Waals surface area contributed by atoms with Crippen LogP contribution in [0.5, 0.6) is 0 Å². The summed E-state index contributed by atoms with van der Waals surface area (Å²) in [5.41, 5.74) is 2.37. The summed E-state index contributed by atoms with van der Waals surface area (Å²) in [6, 6.07) is 7.63. The van der Waals surface area contributed by atoms with Crippen LogP contribution in [0.3, 0.4) is 0 Å². The molecule has 8 heteroatoms. The molecule has 0 saturated carbocycles. The second-order valence-electron chi connectivity index (χ2n) is 5.64.